The lowest BCUT2D eigenvalue weighted by Crippen LogP contribution is -2.40. The van der Waals surface area contributed by atoms with Crippen molar-refractivity contribution in [3.05, 3.63) is 35.8 Å². The Morgan fingerprint density at radius 3 is 2.65 bits per heavy atom. The van der Waals surface area contributed by atoms with Crippen LogP contribution in [0.4, 0.5) is 4.39 Å². The van der Waals surface area contributed by atoms with E-state index in [2.05, 4.69) is 10.3 Å². The van der Waals surface area contributed by atoms with E-state index >= 15 is 0 Å². The average molecular weight is 281 g/mol. The van der Waals surface area contributed by atoms with Crippen LogP contribution in [0.3, 0.4) is 0 Å². The zero-order valence-electron chi connectivity index (χ0n) is 11.9. The molecule has 3 N–H and O–H groups in total. The molecule has 0 aromatic carbocycles. The maximum atomic E-state index is 12.3. The van der Waals surface area contributed by atoms with Gasteiger partial charge in [-0.1, -0.05) is 0 Å². The third-order valence-electron chi connectivity index (χ3n) is 2.31. The normalized spacial score (nSPS) is 12.2. The van der Waals surface area contributed by atoms with E-state index in [1.165, 1.54) is 6.20 Å². The van der Waals surface area contributed by atoms with Gasteiger partial charge in [0.25, 0.3) is 5.91 Å². The second kappa shape index (κ2) is 7.00. The van der Waals surface area contributed by atoms with Crippen molar-refractivity contribution >= 4 is 5.91 Å². The minimum Gasteiger partial charge on any atom is -0.473 e. The first-order chi connectivity index (χ1) is 9.35. The molecule has 6 heteroatoms. The van der Waals surface area contributed by atoms with E-state index in [0.29, 0.717) is 23.3 Å². The summed E-state index contributed by atoms with van der Waals surface area (Å²) in [6.07, 6.45) is 1.84. The van der Waals surface area contributed by atoms with Crippen molar-refractivity contribution in [1.29, 1.82) is 0 Å². The van der Waals surface area contributed by atoms with Gasteiger partial charge in [0.15, 0.2) is 0 Å². The smallest absolute Gasteiger partial charge is 0.253 e. The van der Waals surface area contributed by atoms with Crippen molar-refractivity contribution < 1.29 is 13.9 Å². The van der Waals surface area contributed by atoms with Crippen molar-refractivity contribution in [3.63, 3.8) is 0 Å². The third-order valence-corrected chi connectivity index (χ3v) is 2.31. The van der Waals surface area contributed by atoms with Crippen LogP contribution in [0.1, 0.15) is 31.1 Å². The molecule has 1 amide bonds. The van der Waals surface area contributed by atoms with Gasteiger partial charge in [-0.3, -0.25) is 4.79 Å². The molecule has 0 bridgehead atoms. The zero-order valence-corrected chi connectivity index (χ0v) is 11.9. The molecule has 20 heavy (non-hydrogen) atoms. The van der Waals surface area contributed by atoms with Gasteiger partial charge in [-0.2, -0.15) is 0 Å². The number of pyridine rings is 1. The number of hydrogen-bond acceptors (Lipinski definition) is 4. The molecule has 0 saturated carbocycles. The summed E-state index contributed by atoms with van der Waals surface area (Å²) in [6.45, 7) is 5.81. The fraction of sp³-hybridized carbons (Fsp3) is 0.429. The first kappa shape index (κ1) is 16.1. The number of nitrogens with one attached hydrogen (secondary N) is 1. The van der Waals surface area contributed by atoms with Crippen molar-refractivity contribution in [2.24, 2.45) is 5.73 Å². The van der Waals surface area contributed by atoms with E-state index in [1.807, 2.05) is 20.8 Å². The number of nitrogens with two attached hydrogens (primary N) is 1. The SMILES string of the molecule is CC(C)(C)NC(=O)c1ccc(OC/C(=C/F)CN)nc1. The summed E-state index contributed by atoms with van der Waals surface area (Å²) in [7, 11) is 0. The minimum atomic E-state index is -0.311. The van der Waals surface area contributed by atoms with Crippen molar-refractivity contribution in [3.8, 4) is 5.88 Å². The lowest BCUT2D eigenvalue weighted by Gasteiger charge is -2.20. The van der Waals surface area contributed by atoms with E-state index in [9.17, 15) is 9.18 Å². The molecule has 0 aliphatic rings. The topological polar surface area (TPSA) is 77.2 Å². The highest BCUT2D eigenvalue weighted by molar-refractivity contribution is 5.94. The van der Waals surface area contributed by atoms with E-state index in [-0.39, 0.29) is 24.6 Å². The minimum absolute atomic E-state index is 0.0353. The van der Waals surface area contributed by atoms with Gasteiger partial charge in [0.05, 0.1) is 11.9 Å². The summed E-state index contributed by atoms with van der Waals surface area (Å²) in [4.78, 5) is 15.9. The molecule has 1 aromatic rings. The van der Waals surface area contributed by atoms with E-state index in [1.54, 1.807) is 12.1 Å². The van der Waals surface area contributed by atoms with E-state index in [0.717, 1.165) is 0 Å². The highest BCUT2D eigenvalue weighted by Crippen LogP contribution is 2.10. The Hall–Kier alpha value is -1.95. The van der Waals surface area contributed by atoms with E-state index in [4.69, 9.17) is 10.5 Å². The molecule has 0 aliphatic heterocycles. The fourth-order valence-electron chi connectivity index (χ4n) is 1.31. The quantitative estimate of drug-likeness (QED) is 0.862. The predicted octanol–water partition coefficient (Wildman–Crippen LogP) is 1.80. The Morgan fingerprint density at radius 1 is 1.50 bits per heavy atom. The molecule has 1 heterocycles. The van der Waals surface area contributed by atoms with Crippen molar-refractivity contribution in [1.82, 2.24) is 10.3 Å². The van der Waals surface area contributed by atoms with Gasteiger partial charge in [-0.15, -0.1) is 0 Å². The highest BCUT2D eigenvalue weighted by atomic mass is 19.1. The van der Waals surface area contributed by atoms with Crippen LogP contribution < -0.4 is 15.8 Å². The second-order valence-corrected chi connectivity index (χ2v) is 5.35. The summed E-state index contributed by atoms with van der Waals surface area (Å²) in [5, 5.41) is 2.83. The number of nitrogens with zero attached hydrogens (tertiary/aromatic N) is 1. The Morgan fingerprint density at radius 2 is 2.20 bits per heavy atom. The third kappa shape index (κ3) is 5.36. The zero-order chi connectivity index (χ0) is 15.2. The molecular weight excluding hydrogens is 261 g/mol. The molecule has 5 nitrogen and oxygen atoms in total. The first-order valence-corrected chi connectivity index (χ1v) is 6.25. The lowest BCUT2D eigenvalue weighted by molar-refractivity contribution is 0.0919. The van der Waals surface area contributed by atoms with Gasteiger partial charge in [-0.25, -0.2) is 9.37 Å². The van der Waals surface area contributed by atoms with Crippen LogP contribution in [0.25, 0.3) is 0 Å². The number of ether oxygens (including phenoxy) is 1. The first-order valence-electron chi connectivity index (χ1n) is 6.25. The number of carbonyl (C=O) groups is 1. The number of amides is 1. The van der Waals surface area contributed by atoms with E-state index < -0.39 is 0 Å². The number of aromatic nitrogens is 1. The molecule has 0 atom stereocenters. The largest absolute Gasteiger partial charge is 0.473 e. The Bertz CT molecular complexity index is 478. The summed E-state index contributed by atoms with van der Waals surface area (Å²) in [5.41, 5.74) is 5.77. The number of halogens is 1. The molecule has 1 aromatic heterocycles. The molecular formula is C14H20FN3O2. The Balaban J connectivity index is 2.63. The van der Waals surface area contributed by atoms with Gasteiger partial charge < -0.3 is 15.8 Å². The summed E-state index contributed by atoms with van der Waals surface area (Å²) >= 11 is 0. The molecule has 0 radical (unpaired) electrons. The van der Waals surface area contributed by atoms with Crippen LogP contribution in [0.15, 0.2) is 30.2 Å². The van der Waals surface area contributed by atoms with Gasteiger partial charge in [0.1, 0.15) is 6.61 Å². The molecule has 0 fully saturated rings. The summed E-state index contributed by atoms with van der Waals surface area (Å²) in [5.74, 6) is 0.105. The molecule has 0 saturated heterocycles. The summed E-state index contributed by atoms with van der Waals surface area (Å²) in [6, 6.07) is 3.16. The van der Waals surface area contributed by atoms with Crippen LogP contribution in [0.5, 0.6) is 5.88 Å². The van der Waals surface area contributed by atoms with Gasteiger partial charge in [0.2, 0.25) is 5.88 Å². The van der Waals surface area contributed by atoms with Gasteiger partial charge in [-0.05, 0) is 26.8 Å². The van der Waals surface area contributed by atoms with Gasteiger partial charge in [0, 0.05) is 29.9 Å². The number of hydrogen-bond donors (Lipinski definition) is 2. The van der Waals surface area contributed by atoms with Crippen LogP contribution in [-0.4, -0.2) is 29.6 Å². The monoisotopic (exact) mass is 281 g/mol. The molecule has 0 unspecified atom stereocenters. The van der Waals surface area contributed by atoms with Crippen LogP contribution in [-0.2, 0) is 0 Å². The molecule has 0 spiro atoms. The highest BCUT2D eigenvalue weighted by Gasteiger charge is 2.15. The number of carbonyl (C=O) groups excluding carboxylic acids is 1. The van der Waals surface area contributed by atoms with Gasteiger partial charge >= 0.3 is 0 Å². The van der Waals surface area contributed by atoms with Crippen LogP contribution >= 0.6 is 0 Å². The van der Waals surface area contributed by atoms with Crippen molar-refractivity contribution in [2.75, 3.05) is 13.2 Å². The summed E-state index contributed by atoms with van der Waals surface area (Å²) < 4.78 is 17.5. The maximum absolute atomic E-state index is 12.3. The predicted molar refractivity (Wildman–Crippen MR) is 75.2 cm³/mol. The maximum Gasteiger partial charge on any atom is 0.253 e. The standard InChI is InChI=1S/C14H20FN3O2/c1-14(2,3)18-13(19)11-4-5-12(17-8-11)20-9-10(6-15)7-16/h4-6,8H,7,9,16H2,1-3H3,(H,18,19)/b10-6+. The lowest BCUT2D eigenvalue weighted by atomic mass is 10.1. The molecule has 0 aliphatic carbocycles. The Kier molecular flexibility index (Phi) is 5.64. The average Bonchev–Trinajstić information content (AvgIpc) is 2.38. The van der Waals surface area contributed by atoms with Crippen LogP contribution in [0, 0.1) is 0 Å². The molecule has 1 rings (SSSR count). The fourth-order valence-corrected chi connectivity index (χ4v) is 1.31. The number of rotatable bonds is 5. The Labute approximate surface area is 118 Å². The second-order valence-electron chi connectivity index (χ2n) is 5.35. The van der Waals surface area contributed by atoms with Crippen LogP contribution in [0.2, 0.25) is 0 Å². The molecule has 110 valence electrons. The van der Waals surface area contributed by atoms with Crippen molar-refractivity contribution in [2.45, 2.75) is 26.3 Å².